The van der Waals surface area contributed by atoms with Crippen LogP contribution in [0.5, 0.6) is 0 Å². The van der Waals surface area contributed by atoms with Gasteiger partial charge in [-0.2, -0.15) is 39.5 Å². The smallest absolute Gasteiger partial charge is 0.308 e. The van der Waals surface area contributed by atoms with Crippen LogP contribution in [-0.4, -0.2) is 37.5 Å². The van der Waals surface area contributed by atoms with Crippen molar-refractivity contribution in [2.45, 2.75) is 24.3 Å². The van der Waals surface area contributed by atoms with E-state index >= 15 is 0 Å². The van der Waals surface area contributed by atoms with Gasteiger partial charge in [0.25, 0.3) is 0 Å². The Morgan fingerprint density at radius 1 is 0.800 bits per heavy atom. The molecule has 0 fully saturated rings. The van der Waals surface area contributed by atoms with E-state index in [1.54, 1.807) is 0 Å². The van der Waals surface area contributed by atoms with Gasteiger partial charge in [0, 0.05) is 0 Å². The number of halogens is 10. The molecule has 0 aliphatic heterocycles. The van der Waals surface area contributed by atoms with Crippen molar-refractivity contribution >= 4 is 0 Å². The van der Waals surface area contributed by atoms with E-state index in [0.29, 0.717) is 0 Å². The molecule has 0 aromatic carbocycles. The van der Waals surface area contributed by atoms with E-state index in [9.17, 15) is 43.9 Å². The van der Waals surface area contributed by atoms with Gasteiger partial charge in [0.1, 0.15) is 13.2 Å². The zero-order valence-corrected chi connectivity index (χ0v) is 9.22. The molecular formula is C8H6F10O2. The second-order valence-electron chi connectivity index (χ2n) is 3.34. The molecule has 0 N–H and O–H groups in total. The van der Waals surface area contributed by atoms with E-state index in [1.165, 1.54) is 0 Å². The van der Waals surface area contributed by atoms with Crippen LogP contribution in [-0.2, 0) is 9.47 Å². The Bertz CT molecular complexity index is 348. The maximum atomic E-state index is 12.7. The molecule has 0 spiro atoms. The average Bonchev–Trinajstić information content (AvgIpc) is 2.23. The highest BCUT2D eigenvalue weighted by atomic mass is 19.4. The third-order valence-corrected chi connectivity index (χ3v) is 1.59. The van der Waals surface area contributed by atoms with Gasteiger partial charge in [-0.25, -0.2) is 4.39 Å². The molecule has 0 radical (unpaired) electrons. The van der Waals surface area contributed by atoms with Crippen molar-refractivity contribution in [3.8, 4) is 0 Å². The summed E-state index contributed by atoms with van der Waals surface area (Å²) in [4.78, 5) is 0. The van der Waals surface area contributed by atoms with Crippen LogP contribution < -0.4 is 0 Å². The van der Waals surface area contributed by atoms with Crippen LogP contribution in [0.4, 0.5) is 43.9 Å². The van der Waals surface area contributed by atoms with Crippen LogP contribution in [0, 0.1) is 0 Å². The zero-order chi connectivity index (χ0) is 16.4. The molecule has 0 bridgehead atoms. The Morgan fingerprint density at radius 2 is 1.25 bits per heavy atom. The highest BCUT2D eigenvalue weighted by molar-refractivity contribution is 4.91. The third kappa shape index (κ3) is 5.53. The Hall–Kier alpha value is -1.04. The van der Waals surface area contributed by atoms with Gasteiger partial charge in [-0.1, -0.05) is 6.58 Å². The van der Waals surface area contributed by atoms with Crippen molar-refractivity contribution in [1.82, 2.24) is 0 Å². The fraction of sp³-hybridized carbons (Fsp3) is 0.750. The van der Waals surface area contributed by atoms with E-state index in [1.807, 2.05) is 6.58 Å². The summed E-state index contributed by atoms with van der Waals surface area (Å²) in [6.07, 6.45) is -16.1. The number of hydrogen-bond donors (Lipinski definition) is 0. The maximum absolute atomic E-state index is 12.7. The van der Waals surface area contributed by atoms with Crippen LogP contribution in [0.3, 0.4) is 0 Å². The normalized spacial score (nSPS) is 14.5. The Labute approximate surface area is 104 Å². The SMILES string of the molecule is C=C(F)C(F)(F)OCC(F)(F)C(F)(F)OCC(F)(F)F. The average molecular weight is 324 g/mol. The quantitative estimate of drug-likeness (QED) is 0.662. The van der Waals surface area contributed by atoms with Crippen LogP contribution in [0.1, 0.15) is 0 Å². The van der Waals surface area contributed by atoms with Gasteiger partial charge < -0.3 is 9.47 Å². The molecule has 120 valence electrons. The minimum absolute atomic E-state index is 2.00. The molecule has 2 nitrogen and oxygen atoms in total. The van der Waals surface area contributed by atoms with Gasteiger partial charge >= 0.3 is 24.3 Å². The van der Waals surface area contributed by atoms with E-state index < -0.39 is 43.4 Å². The molecule has 0 amide bonds. The molecule has 0 aliphatic rings. The first-order valence-corrected chi connectivity index (χ1v) is 4.44. The topological polar surface area (TPSA) is 18.5 Å². The van der Waals surface area contributed by atoms with Gasteiger partial charge in [0.15, 0.2) is 5.83 Å². The van der Waals surface area contributed by atoms with Gasteiger partial charge in [0.2, 0.25) is 0 Å². The largest absolute Gasteiger partial charge is 0.422 e. The predicted octanol–water partition coefficient (Wildman–Crippen LogP) is 3.89. The second-order valence-corrected chi connectivity index (χ2v) is 3.34. The lowest BCUT2D eigenvalue weighted by Gasteiger charge is -2.27. The second kappa shape index (κ2) is 5.76. The minimum atomic E-state index is -5.75. The van der Waals surface area contributed by atoms with Gasteiger partial charge in [-0.3, -0.25) is 0 Å². The standard InChI is InChI=1S/C8H6F10O2/c1-4(9)7(15,16)19-2-5(10,11)8(17,18)20-3-6(12,13)14/h1-3H2. The van der Waals surface area contributed by atoms with E-state index in [0.717, 1.165) is 0 Å². The summed E-state index contributed by atoms with van der Waals surface area (Å²) in [5.41, 5.74) is 0. The molecule has 0 atom stereocenters. The predicted molar refractivity (Wildman–Crippen MR) is 43.0 cm³/mol. The molecule has 0 aromatic rings. The lowest BCUT2D eigenvalue weighted by molar-refractivity contribution is -0.385. The fourth-order valence-electron chi connectivity index (χ4n) is 0.622. The summed E-state index contributed by atoms with van der Waals surface area (Å²) < 4.78 is 127. The summed E-state index contributed by atoms with van der Waals surface area (Å²) in [6.45, 7) is -3.54. The van der Waals surface area contributed by atoms with Crippen LogP contribution in [0.2, 0.25) is 0 Å². The van der Waals surface area contributed by atoms with Crippen LogP contribution >= 0.6 is 0 Å². The van der Waals surface area contributed by atoms with Gasteiger partial charge in [0.05, 0.1) is 0 Å². The van der Waals surface area contributed by atoms with E-state index in [-0.39, 0.29) is 0 Å². The Kier molecular flexibility index (Phi) is 5.46. The van der Waals surface area contributed by atoms with Crippen molar-refractivity contribution in [1.29, 1.82) is 0 Å². The molecule has 0 aromatic heterocycles. The van der Waals surface area contributed by atoms with Gasteiger partial charge in [-0.15, -0.1) is 0 Å². The molecule has 12 heteroatoms. The first-order chi connectivity index (χ1) is 8.61. The lowest BCUT2D eigenvalue weighted by atomic mass is 10.3. The fourth-order valence-corrected chi connectivity index (χ4v) is 0.622. The molecule has 0 saturated heterocycles. The first-order valence-electron chi connectivity index (χ1n) is 4.44. The van der Waals surface area contributed by atoms with Crippen molar-refractivity contribution < 1.29 is 53.4 Å². The number of rotatable bonds is 7. The number of alkyl halides is 9. The molecule has 0 saturated carbocycles. The van der Waals surface area contributed by atoms with Crippen LogP contribution in [0.15, 0.2) is 12.4 Å². The van der Waals surface area contributed by atoms with Gasteiger partial charge in [-0.05, 0) is 0 Å². The molecule has 0 unspecified atom stereocenters. The zero-order valence-electron chi connectivity index (χ0n) is 9.22. The lowest BCUT2D eigenvalue weighted by Crippen LogP contribution is -2.49. The molecule has 0 aliphatic carbocycles. The van der Waals surface area contributed by atoms with Crippen molar-refractivity contribution in [3.63, 3.8) is 0 Å². The van der Waals surface area contributed by atoms with Crippen molar-refractivity contribution in [3.05, 3.63) is 12.4 Å². The summed E-state index contributed by atoms with van der Waals surface area (Å²) in [5.74, 6) is -8.11. The van der Waals surface area contributed by atoms with Crippen LogP contribution in [0.25, 0.3) is 0 Å². The summed E-state index contributed by atoms with van der Waals surface area (Å²) in [7, 11) is 0. The van der Waals surface area contributed by atoms with Crippen molar-refractivity contribution in [2.24, 2.45) is 0 Å². The maximum Gasteiger partial charge on any atom is 0.422 e. The molecule has 0 heterocycles. The first kappa shape index (κ1) is 19.0. The van der Waals surface area contributed by atoms with Crippen molar-refractivity contribution in [2.75, 3.05) is 13.2 Å². The summed E-state index contributed by atoms with van der Waals surface area (Å²) in [5, 5.41) is 0. The number of ether oxygens (including phenoxy) is 2. The van der Waals surface area contributed by atoms with E-state index in [4.69, 9.17) is 0 Å². The van der Waals surface area contributed by atoms with E-state index in [2.05, 4.69) is 9.47 Å². The molecule has 0 rings (SSSR count). The summed E-state index contributed by atoms with van der Waals surface area (Å²) in [6, 6.07) is 0. The highest BCUT2D eigenvalue weighted by Crippen LogP contribution is 2.38. The third-order valence-electron chi connectivity index (χ3n) is 1.59. The monoisotopic (exact) mass is 324 g/mol. The summed E-state index contributed by atoms with van der Waals surface area (Å²) >= 11 is 0. The molecule has 20 heavy (non-hydrogen) atoms. The molecular weight excluding hydrogens is 318 g/mol. The highest BCUT2D eigenvalue weighted by Gasteiger charge is 2.60. The minimum Gasteiger partial charge on any atom is -0.308 e. The number of hydrogen-bond acceptors (Lipinski definition) is 2. The Morgan fingerprint density at radius 3 is 1.60 bits per heavy atom. The Balaban J connectivity index is 4.73.